The van der Waals surface area contributed by atoms with E-state index in [2.05, 4.69) is 85.4 Å². The fourth-order valence-corrected chi connectivity index (χ4v) is 5.05. The quantitative estimate of drug-likeness (QED) is 0.260. The highest BCUT2D eigenvalue weighted by Crippen LogP contribution is 2.38. The SMILES string of the molecule is [2H]C([2H])(c1ccc2c(-c3ccc4c(oc5cc6ccccc6cc54)c3C)[n+](C)ccc2c1)C(C)C. The number of hydrogen-bond acceptors (Lipinski definition) is 1. The summed E-state index contributed by atoms with van der Waals surface area (Å²) in [5.41, 5.74) is 5.86. The number of hydrogen-bond donors (Lipinski definition) is 0. The van der Waals surface area contributed by atoms with Gasteiger partial charge in [-0.15, -0.1) is 0 Å². The Labute approximate surface area is 196 Å². The van der Waals surface area contributed by atoms with Crippen molar-refractivity contribution in [1.82, 2.24) is 0 Å². The van der Waals surface area contributed by atoms with E-state index in [-0.39, 0.29) is 5.92 Å². The molecule has 4 aromatic carbocycles. The van der Waals surface area contributed by atoms with E-state index in [1.807, 2.05) is 26.0 Å². The average Bonchev–Trinajstić information content (AvgIpc) is 3.21. The monoisotopic (exact) mass is 432 g/mol. The second-order valence-corrected chi connectivity index (χ2v) is 9.29. The van der Waals surface area contributed by atoms with Gasteiger partial charge < -0.3 is 4.42 Å². The van der Waals surface area contributed by atoms with Crippen LogP contribution < -0.4 is 4.57 Å². The van der Waals surface area contributed by atoms with Gasteiger partial charge in [-0.25, -0.2) is 4.57 Å². The molecule has 33 heavy (non-hydrogen) atoms. The Bertz CT molecular complexity index is 1780. The van der Waals surface area contributed by atoms with Gasteiger partial charge in [-0.05, 0) is 71.3 Å². The van der Waals surface area contributed by atoms with Gasteiger partial charge in [0.1, 0.15) is 18.2 Å². The van der Waals surface area contributed by atoms with E-state index >= 15 is 0 Å². The lowest BCUT2D eigenvalue weighted by Crippen LogP contribution is -2.30. The second-order valence-electron chi connectivity index (χ2n) is 9.29. The molecule has 162 valence electrons. The van der Waals surface area contributed by atoms with Crippen LogP contribution in [0.15, 0.2) is 83.4 Å². The summed E-state index contributed by atoms with van der Waals surface area (Å²) in [5.74, 6) is -0.103. The van der Waals surface area contributed by atoms with Crippen LogP contribution in [-0.4, -0.2) is 0 Å². The lowest BCUT2D eigenvalue weighted by atomic mass is 9.95. The molecule has 0 spiro atoms. The van der Waals surface area contributed by atoms with E-state index in [1.54, 1.807) is 0 Å². The van der Waals surface area contributed by atoms with E-state index in [1.165, 1.54) is 10.8 Å². The maximum Gasteiger partial charge on any atom is 0.220 e. The first-order valence-corrected chi connectivity index (χ1v) is 11.5. The predicted molar refractivity (Wildman–Crippen MR) is 139 cm³/mol. The minimum Gasteiger partial charge on any atom is -0.456 e. The molecule has 0 atom stereocenters. The van der Waals surface area contributed by atoms with Crippen molar-refractivity contribution in [1.29, 1.82) is 0 Å². The van der Waals surface area contributed by atoms with Crippen LogP contribution in [0.5, 0.6) is 0 Å². The highest BCUT2D eigenvalue weighted by molar-refractivity contribution is 6.12. The summed E-state index contributed by atoms with van der Waals surface area (Å²) in [6.45, 7) is 5.98. The van der Waals surface area contributed by atoms with Crippen LogP contribution in [0.25, 0.3) is 54.7 Å². The number of benzene rings is 4. The summed E-state index contributed by atoms with van der Waals surface area (Å²) in [4.78, 5) is 0. The van der Waals surface area contributed by atoms with Gasteiger partial charge in [-0.2, -0.15) is 0 Å². The summed E-state index contributed by atoms with van der Waals surface area (Å²) < 4.78 is 25.7. The molecule has 0 fully saturated rings. The van der Waals surface area contributed by atoms with Crippen molar-refractivity contribution in [2.75, 3.05) is 0 Å². The molecule has 6 rings (SSSR count). The van der Waals surface area contributed by atoms with E-state index in [4.69, 9.17) is 7.16 Å². The summed E-state index contributed by atoms with van der Waals surface area (Å²) in [5, 5.41) is 6.79. The van der Waals surface area contributed by atoms with E-state index < -0.39 is 6.37 Å². The first-order valence-electron chi connectivity index (χ1n) is 12.5. The standard InChI is InChI=1S/C31H28NO/c1-19(2)15-21-9-10-26-24(16-21)13-14-32(4)30(26)25-11-12-27-28-17-22-7-5-6-8-23(22)18-29(28)33-31(27)20(25)3/h5-14,16-19H,15H2,1-4H3/q+1/i15D2. The third-order valence-electron chi connectivity index (χ3n) is 6.60. The molecule has 0 radical (unpaired) electrons. The molecule has 2 heteroatoms. The van der Waals surface area contributed by atoms with Crippen molar-refractivity contribution in [3.63, 3.8) is 0 Å². The zero-order valence-electron chi connectivity index (χ0n) is 21.4. The smallest absolute Gasteiger partial charge is 0.220 e. The van der Waals surface area contributed by atoms with Crippen LogP contribution in [0.1, 0.15) is 27.7 Å². The topological polar surface area (TPSA) is 17.0 Å². The zero-order valence-corrected chi connectivity index (χ0v) is 19.4. The molecular formula is C31H28NO+. The Morgan fingerprint density at radius 3 is 2.39 bits per heavy atom. The van der Waals surface area contributed by atoms with Gasteiger partial charge in [0, 0.05) is 25.1 Å². The molecular weight excluding hydrogens is 402 g/mol. The lowest BCUT2D eigenvalue weighted by Gasteiger charge is -2.10. The van der Waals surface area contributed by atoms with Gasteiger partial charge in [0.25, 0.3) is 0 Å². The van der Waals surface area contributed by atoms with Crippen LogP contribution in [0.4, 0.5) is 0 Å². The Morgan fingerprint density at radius 1 is 0.848 bits per heavy atom. The van der Waals surface area contributed by atoms with E-state index in [0.29, 0.717) is 0 Å². The number of pyridine rings is 1. The average molecular weight is 433 g/mol. The van der Waals surface area contributed by atoms with Crippen molar-refractivity contribution in [2.45, 2.75) is 27.1 Å². The Morgan fingerprint density at radius 2 is 1.61 bits per heavy atom. The first kappa shape index (κ1) is 17.9. The molecule has 0 aliphatic carbocycles. The molecule has 2 nitrogen and oxygen atoms in total. The Balaban J connectivity index is 1.59. The highest BCUT2D eigenvalue weighted by Gasteiger charge is 2.21. The van der Waals surface area contributed by atoms with Crippen LogP contribution in [0.3, 0.4) is 0 Å². The maximum absolute atomic E-state index is 8.54. The van der Waals surface area contributed by atoms with Crippen molar-refractivity contribution in [3.05, 3.63) is 90.1 Å². The zero-order chi connectivity index (χ0) is 24.5. The van der Waals surface area contributed by atoms with Gasteiger partial charge in [0.15, 0.2) is 6.20 Å². The molecule has 0 saturated carbocycles. The van der Waals surface area contributed by atoms with Gasteiger partial charge in [-0.1, -0.05) is 50.2 Å². The number of rotatable bonds is 3. The molecule has 2 heterocycles. The number of fused-ring (bicyclic) bond motifs is 5. The minimum absolute atomic E-state index is 0.103. The molecule has 0 aliphatic rings. The minimum atomic E-state index is -1.38. The summed E-state index contributed by atoms with van der Waals surface area (Å²) >= 11 is 0. The molecule has 0 unspecified atom stereocenters. The van der Waals surface area contributed by atoms with Crippen molar-refractivity contribution >= 4 is 43.5 Å². The summed E-state index contributed by atoms with van der Waals surface area (Å²) in [6.07, 6.45) is 0.681. The molecule has 0 saturated heterocycles. The van der Waals surface area contributed by atoms with Gasteiger partial charge in [-0.3, -0.25) is 0 Å². The molecule has 0 bridgehead atoms. The van der Waals surface area contributed by atoms with Crippen LogP contribution >= 0.6 is 0 Å². The van der Waals surface area contributed by atoms with Crippen molar-refractivity contribution in [3.8, 4) is 11.3 Å². The third-order valence-corrected chi connectivity index (χ3v) is 6.60. The Hall–Kier alpha value is -3.65. The van der Waals surface area contributed by atoms with Crippen LogP contribution in [0, 0.1) is 12.8 Å². The van der Waals surface area contributed by atoms with E-state index in [0.717, 1.165) is 55.1 Å². The van der Waals surface area contributed by atoms with Crippen LogP contribution in [-0.2, 0) is 13.4 Å². The largest absolute Gasteiger partial charge is 0.456 e. The molecule has 6 aromatic rings. The number of aromatic nitrogens is 1. The summed E-state index contributed by atoms with van der Waals surface area (Å²) in [7, 11) is 2.06. The van der Waals surface area contributed by atoms with Crippen molar-refractivity contribution < 1.29 is 11.7 Å². The lowest BCUT2D eigenvalue weighted by molar-refractivity contribution is -0.659. The predicted octanol–water partition coefficient (Wildman–Crippen LogP) is 7.89. The molecule has 0 aliphatic heterocycles. The van der Waals surface area contributed by atoms with E-state index in [9.17, 15) is 0 Å². The fraction of sp³-hybridized carbons (Fsp3) is 0.194. The van der Waals surface area contributed by atoms with Gasteiger partial charge in [0.05, 0.1) is 10.9 Å². The number of nitrogens with zero attached hydrogens (tertiary/aromatic N) is 1. The van der Waals surface area contributed by atoms with Crippen LogP contribution in [0.2, 0.25) is 0 Å². The van der Waals surface area contributed by atoms with Gasteiger partial charge >= 0.3 is 0 Å². The maximum atomic E-state index is 8.54. The first-order chi connectivity index (χ1) is 16.8. The summed E-state index contributed by atoms with van der Waals surface area (Å²) in [6, 6.07) is 25.2. The fourth-order valence-electron chi connectivity index (χ4n) is 5.05. The third kappa shape index (κ3) is 3.21. The number of aryl methyl sites for hydroxylation is 2. The Kier molecular flexibility index (Phi) is 4.03. The van der Waals surface area contributed by atoms with Crippen molar-refractivity contribution in [2.24, 2.45) is 13.0 Å². The highest BCUT2D eigenvalue weighted by atomic mass is 16.3. The molecule has 0 amide bonds. The molecule has 0 N–H and O–H groups in total. The number of furan rings is 1. The second kappa shape index (κ2) is 7.45. The van der Waals surface area contributed by atoms with Gasteiger partial charge in [0.2, 0.25) is 5.69 Å². The molecule has 2 aromatic heterocycles. The normalized spacial score (nSPS) is 13.4.